The van der Waals surface area contributed by atoms with Crippen molar-refractivity contribution in [2.45, 2.75) is 46.6 Å². The molecule has 0 saturated carbocycles. The van der Waals surface area contributed by atoms with Crippen LogP contribution in [0.2, 0.25) is 0 Å². The zero-order chi connectivity index (χ0) is 12.1. The first kappa shape index (κ1) is 11.6. The molecule has 0 aliphatic heterocycles. The fourth-order valence-corrected chi connectivity index (χ4v) is 3.20. The van der Waals surface area contributed by atoms with Crippen molar-refractivity contribution in [2.75, 3.05) is 0 Å². The number of carbonyl (C=O) groups excluding carboxylic acids is 1. The molecule has 0 unspecified atom stereocenters. The van der Waals surface area contributed by atoms with E-state index in [4.69, 9.17) is 0 Å². The van der Waals surface area contributed by atoms with Crippen molar-refractivity contribution in [2.24, 2.45) is 11.3 Å². The lowest BCUT2D eigenvalue weighted by molar-refractivity contribution is -0.127. The minimum absolute atomic E-state index is 0.0325. The number of ketones is 1. The van der Waals surface area contributed by atoms with Gasteiger partial charge in [0.15, 0.2) is 5.78 Å². The third kappa shape index (κ3) is 1.47. The van der Waals surface area contributed by atoms with Crippen LogP contribution < -0.4 is 0 Å². The second kappa shape index (κ2) is 3.56. The van der Waals surface area contributed by atoms with E-state index in [0.29, 0.717) is 0 Å². The first-order chi connectivity index (χ1) is 7.36. The highest BCUT2D eigenvalue weighted by Crippen LogP contribution is 2.50. The molecule has 2 nitrogen and oxygen atoms in total. The second-order valence-corrected chi connectivity index (χ2v) is 5.69. The molecule has 3 atom stereocenters. The van der Waals surface area contributed by atoms with Crippen LogP contribution in [0.25, 0.3) is 0 Å². The Kier molecular flexibility index (Phi) is 2.58. The lowest BCUT2D eigenvalue weighted by Crippen LogP contribution is -2.48. The molecule has 0 radical (unpaired) electrons. The van der Waals surface area contributed by atoms with Gasteiger partial charge in [0.05, 0.1) is 6.10 Å². The molecule has 0 heterocycles. The van der Waals surface area contributed by atoms with Crippen LogP contribution >= 0.6 is 0 Å². The summed E-state index contributed by atoms with van der Waals surface area (Å²) in [6.07, 6.45) is 2.80. The summed E-state index contributed by atoms with van der Waals surface area (Å²) in [5.74, 6) is 0.159. The number of carbonyl (C=O) groups is 1. The first-order valence-corrected chi connectivity index (χ1v) is 5.91. The smallest absolute Gasteiger partial charge is 0.159 e. The molecule has 88 valence electrons. The molecule has 0 aromatic heterocycles. The summed E-state index contributed by atoms with van der Waals surface area (Å²) in [7, 11) is 0. The molecule has 2 rings (SSSR count). The van der Waals surface area contributed by atoms with Crippen molar-refractivity contribution in [1.82, 2.24) is 0 Å². The molecule has 1 N–H and O–H groups in total. The number of rotatable bonds is 0. The quantitative estimate of drug-likeness (QED) is 0.637. The van der Waals surface area contributed by atoms with E-state index < -0.39 is 6.10 Å². The predicted molar refractivity (Wildman–Crippen MR) is 64.0 cm³/mol. The molecule has 0 amide bonds. The van der Waals surface area contributed by atoms with Crippen LogP contribution in [0.1, 0.15) is 40.5 Å². The summed E-state index contributed by atoms with van der Waals surface area (Å²) in [6.45, 7) is 8.11. The van der Waals surface area contributed by atoms with Crippen LogP contribution in [0.15, 0.2) is 22.8 Å². The molecule has 0 spiro atoms. The van der Waals surface area contributed by atoms with Gasteiger partial charge in [-0.2, -0.15) is 0 Å². The van der Waals surface area contributed by atoms with Crippen molar-refractivity contribution < 1.29 is 9.90 Å². The van der Waals surface area contributed by atoms with Gasteiger partial charge in [-0.1, -0.05) is 18.1 Å². The zero-order valence-corrected chi connectivity index (χ0v) is 10.5. The maximum Gasteiger partial charge on any atom is 0.159 e. The van der Waals surface area contributed by atoms with E-state index in [9.17, 15) is 9.90 Å². The number of hydrogen-bond acceptors (Lipinski definition) is 2. The Labute approximate surface area is 97.0 Å². The largest absolute Gasteiger partial charge is 0.388 e. The van der Waals surface area contributed by atoms with Crippen molar-refractivity contribution in [3.8, 4) is 0 Å². The molecule has 0 fully saturated rings. The average Bonchev–Trinajstić information content (AvgIpc) is 2.20. The van der Waals surface area contributed by atoms with E-state index in [1.807, 2.05) is 13.8 Å². The van der Waals surface area contributed by atoms with Crippen LogP contribution in [-0.2, 0) is 4.79 Å². The van der Waals surface area contributed by atoms with Crippen molar-refractivity contribution in [1.29, 1.82) is 0 Å². The SMILES string of the molecule is CC1=CC(=O)[C@H]2CC(C)=C(C)C[C@]2(C)[C@H]1O. The Morgan fingerprint density at radius 2 is 1.94 bits per heavy atom. The summed E-state index contributed by atoms with van der Waals surface area (Å²) in [5, 5.41) is 10.3. The van der Waals surface area contributed by atoms with Gasteiger partial charge in [-0.25, -0.2) is 0 Å². The van der Waals surface area contributed by atoms with Gasteiger partial charge in [-0.05, 0) is 45.3 Å². The highest BCUT2D eigenvalue weighted by Gasteiger charge is 2.49. The Morgan fingerprint density at radius 3 is 2.56 bits per heavy atom. The highest BCUT2D eigenvalue weighted by molar-refractivity contribution is 5.94. The minimum Gasteiger partial charge on any atom is -0.388 e. The summed E-state index contributed by atoms with van der Waals surface area (Å²) in [5.41, 5.74) is 3.17. The molecule has 2 aliphatic rings. The second-order valence-electron chi connectivity index (χ2n) is 5.69. The summed E-state index contributed by atoms with van der Waals surface area (Å²) in [6, 6.07) is 0. The lowest BCUT2D eigenvalue weighted by atomic mass is 9.58. The van der Waals surface area contributed by atoms with E-state index in [1.165, 1.54) is 11.1 Å². The number of aliphatic hydroxyl groups excluding tert-OH is 1. The molecule has 0 aromatic rings. The van der Waals surface area contributed by atoms with Crippen LogP contribution in [-0.4, -0.2) is 17.0 Å². The maximum atomic E-state index is 12.0. The Morgan fingerprint density at radius 1 is 1.31 bits per heavy atom. The van der Waals surface area contributed by atoms with Gasteiger partial charge in [0.25, 0.3) is 0 Å². The third-order valence-corrected chi connectivity index (χ3v) is 4.45. The van der Waals surface area contributed by atoms with Crippen LogP contribution in [0.3, 0.4) is 0 Å². The molecular formula is C14H20O2. The van der Waals surface area contributed by atoms with Crippen LogP contribution in [0, 0.1) is 11.3 Å². The molecule has 2 aliphatic carbocycles. The normalized spacial score (nSPS) is 39.6. The van der Waals surface area contributed by atoms with Gasteiger partial charge in [-0.15, -0.1) is 0 Å². The van der Waals surface area contributed by atoms with Crippen LogP contribution in [0.5, 0.6) is 0 Å². The van der Waals surface area contributed by atoms with E-state index >= 15 is 0 Å². The Hall–Kier alpha value is -0.890. The standard InChI is InChI=1S/C14H20O2/c1-8-5-11-12(15)6-9(2)13(16)14(11,4)7-10(8)3/h6,11,13,16H,5,7H2,1-4H3/t11-,13+,14+/m1/s1. The Balaban J connectivity index is 2.47. The third-order valence-electron chi connectivity index (χ3n) is 4.45. The number of fused-ring (bicyclic) bond motifs is 1. The van der Waals surface area contributed by atoms with Crippen LogP contribution in [0.4, 0.5) is 0 Å². The van der Waals surface area contributed by atoms with Crippen molar-refractivity contribution >= 4 is 5.78 Å². The average molecular weight is 220 g/mol. The highest BCUT2D eigenvalue weighted by atomic mass is 16.3. The minimum atomic E-state index is -0.474. The summed E-state index contributed by atoms with van der Waals surface area (Å²) in [4.78, 5) is 12.0. The van der Waals surface area contributed by atoms with Crippen molar-refractivity contribution in [3.63, 3.8) is 0 Å². The van der Waals surface area contributed by atoms with Gasteiger partial charge in [0.2, 0.25) is 0 Å². The van der Waals surface area contributed by atoms with Gasteiger partial charge < -0.3 is 5.11 Å². The lowest BCUT2D eigenvalue weighted by Gasteiger charge is -2.47. The molecule has 0 bridgehead atoms. The molecule has 0 saturated heterocycles. The molecular weight excluding hydrogens is 200 g/mol. The number of hydrogen-bond donors (Lipinski definition) is 1. The fraction of sp³-hybridized carbons (Fsp3) is 0.643. The van der Waals surface area contributed by atoms with Crippen molar-refractivity contribution in [3.05, 3.63) is 22.8 Å². The fourth-order valence-electron chi connectivity index (χ4n) is 3.20. The molecule has 2 heteroatoms. The van der Waals surface area contributed by atoms with Gasteiger partial charge in [-0.3, -0.25) is 4.79 Å². The Bertz CT molecular complexity index is 403. The van der Waals surface area contributed by atoms with E-state index in [0.717, 1.165) is 18.4 Å². The first-order valence-electron chi connectivity index (χ1n) is 5.91. The summed E-state index contributed by atoms with van der Waals surface area (Å²) < 4.78 is 0. The summed E-state index contributed by atoms with van der Waals surface area (Å²) >= 11 is 0. The van der Waals surface area contributed by atoms with Gasteiger partial charge in [0.1, 0.15) is 0 Å². The zero-order valence-electron chi connectivity index (χ0n) is 10.5. The number of allylic oxidation sites excluding steroid dienone is 3. The number of aliphatic hydroxyl groups is 1. The topological polar surface area (TPSA) is 37.3 Å². The van der Waals surface area contributed by atoms with Gasteiger partial charge in [0, 0.05) is 11.3 Å². The van der Waals surface area contributed by atoms with E-state index in [1.54, 1.807) is 6.08 Å². The molecule has 0 aromatic carbocycles. The van der Waals surface area contributed by atoms with E-state index in [2.05, 4.69) is 13.8 Å². The maximum absolute atomic E-state index is 12.0. The van der Waals surface area contributed by atoms with Gasteiger partial charge >= 0.3 is 0 Å². The van der Waals surface area contributed by atoms with E-state index in [-0.39, 0.29) is 17.1 Å². The monoisotopic (exact) mass is 220 g/mol. The molecule has 16 heavy (non-hydrogen) atoms. The predicted octanol–water partition coefficient (Wildman–Crippen LogP) is 2.63.